The minimum Gasteiger partial charge on any atom is -0.324 e. The fourth-order valence-corrected chi connectivity index (χ4v) is 3.16. The van der Waals surface area contributed by atoms with Crippen molar-refractivity contribution in [2.45, 2.75) is 20.0 Å². The van der Waals surface area contributed by atoms with Crippen LogP contribution in [0.4, 0.5) is 40.8 Å². The second kappa shape index (κ2) is 11.4. The van der Waals surface area contributed by atoms with Crippen molar-refractivity contribution in [2.75, 3.05) is 16.2 Å². The van der Waals surface area contributed by atoms with E-state index in [-0.39, 0.29) is 23.3 Å². The highest BCUT2D eigenvalue weighted by atomic mass is 19.4. The van der Waals surface area contributed by atoms with Crippen molar-refractivity contribution in [3.8, 4) is 0 Å². The fourth-order valence-electron chi connectivity index (χ4n) is 3.16. The van der Waals surface area contributed by atoms with E-state index in [9.17, 15) is 17.6 Å². The first-order valence-corrected chi connectivity index (χ1v) is 11.1. The highest BCUT2D eigenvalue weighted by Gasteiger charge is 2.34. The third-order valence-electron chi connectivity index (χ3n) is 5.13. The van der Waals surface area contributed by atoms with Crippen LogP contribution in [0.25, 0.3) is 0 Å². The zero-order valence-electron chi connectivity index (χ0n) is 20.1. The lowest BCUT2D eigenvalue weighted by molar-refractivity contribution is -0.139. The zero-order chi connectivity index (χ0) is 27.1. The summed E-state index contributed by atoms with van der Waals surface area (Å²) in [6.45, 7) is 3.56. The number of hydrazone groups is 2. The Morgan fingerprint density at radius 1 is 0.737 bits per heavy atom. The van der Waals surface area contributed by atoms with Gasteiger partial charge in [0, 0.05) is 47.7 Å². The molecule has 0 aliphatic rings. The van der Waals surface area contributed by atoms with Crippen LogP contribution in [0.15, 0.2) is 83.5 Å². The van der Waals surface area contributed by atoms with Crippen molar-refractivity contribution in [3.05, 3.63) is 95.8 Å². The lowest BCUT2D eigenvalue weighted by Gasteiger charge is -2.12. The SMILES string of the molecule is CC(=NNc1cc(NN=C(C)c2ccncc2)nc(Nc2ccc(F)c(C(F)(F)F)c2)n1)c1ccncc1. The highest BCUT2D eigenvalue weighted by Crippen LogP contribution is 2.33. The molecule has 0 radical (unpaired) electrons. The van der Waals surface area contributed by atoms with Gasteiger partial charge in [0.15, 0.2) is 11.6 Å². The first kappa shape index (κ1) is 26.1. The summed E-state index contributed by atoms with van der Waals surface area (Å²) in [6, 6.07) is 11.2. The molecule has 0 saturated heterocycles. The van der Waals surface area contributed by atoms with Crippen molar-refractivity contribution in [2.24, 2.45) is 10.2 Å². The largest absolute Gasteiger partial charge is 0.419 e. The molecule has 1 aromatic carbocycles. The predicted molar refractivity (Wildman–Crippen MR) is 137 cm³/mol. The molecule has 9 nitrogen and oxygen atoms in total. The molecule has 0 spiro atoms. The maximum Gasteiger partial charge on any atom is 0.419 e. The molecule has 3 aromatic heterocycles. The summed E-state index contributed by atoms with van der Waals surface area (Å²) >= 11 is 0. The van der Waals surface area contributed by atoms with Crippen LogP contribution < -0.4 is 16.2 Å². The molecule has 13 heteroatoms. The van der Waals surface area contributed by atoms with Gasteiger partial charge in [-0.1, -0.05) is 0 Å². The van der Waals surface area contributed by atoms with Crippen LogP contribution in [0.2, 0.25) is 0 Å². The van der Waals surface area contributed by atoms with E-state index in [2.05, 4.69) is 46.3 Å². The van der Waals surface area contributed by atoms with Crippen LogP contribution in [0, 0.1) is 5.82 Å². The number of benzene rings is 1. The van der Waals surface area contributed by atoms with Gasteiger partial charge in [0.2, 0.25) is 5.95 Å². The van der Waals surface area contributed by atoms with Crippen LogP contribution >= 0.6 is 0 Å². The average molecular weight is 523 g/mol. The predicted octanol–water partition coefficient (Wildman–Crippen LogP) is 5.84. The molecule has 0 unspecified atom stereocenters. The Balaban J connectivity index is 1.64. The molecule has 4 aromatic rings. The summed E-state index contributed by atoms with van der Waals surface area (Å²) < 4.78 is 53.2. The van der Waals surface area contributed by atoms with Crippen molar-refractivity contribution >= 4 is 34.7 Å². The third kappa shape index (κ3) is 6.84. The van der Waals surface area contributed by atoms with Gasteiger partial charge in [0.25, 0.3) is 0 Å². The van der Waals surface area contributed by atoms with Gasteiger partial charge >= 0.3 is 6.18 Å². The highest BCUT2D eigenvalue weighted by molar-refractivity contribution is 5.99. The minimum atomic E-state index is -4.86. The van der Waals surface area contributed by atoms with E-state index in [1.165, 1.54) is 6.07 Å². The van der Waals surface area contributed by atoms with Crippen LogP contribution in [0.1, 0.15) is 30.5 Å². The Bertz CT molecular complexity index is 1380. The number of anilines is 4. The molecule has 0 fully saturated rings. The first-order valence-electron chi connectivity index (χ1n) is 11.1. The Morgan fingerprint density at radius 3 is 1.71 bits per heavy atom. The van der Waals surface area contributed by atoms with Crippen LogP contribution in [0.3, 0.4) is 0 Å². The summed E-state index contributed by atoms with van der Waals surface area (Å²) in [5.41, 5.74) is 7.07. The molecule has 3 N–H and O–H groups in total. The summed E-state index contributed by atoms with van der Waals surface area (Å²) in [5.74, 6) is -1.03. The third-order valence-corrected chi connectivity index (χ3v) is 5.13. The van der Waals surface area contributed by atoms with Crippen molar-refractivity contribution in [3.63, 3.8) is 0 Å². The second-order valence-corrected chi connectivity index (χ2v) is 7.87. The van der Waals surface area contributed by atoms with Gasteiger partial charge in [0.1, 0.15) is 5.82 Å². The molecule has 3 heterocycles. The molecule has 38 heavy (non-hydrogen) atoms. The topological polar surface area (TPSA) is 112 Å². The van der Waals surface area contributed by atoms with Crippen LogP contribution in [-0.2, 0) is 6.18 Å². The number of alkyl halides is 3. The molecule has 194 valence electrons. The van der Waals surface area contributed by atoms with E-state index in [0.29, 0.717) is 17.5 Å². The number of pyridine rings is 2. The molecule has 4 rings (SSSR count). The van der Waals surface area contributed by atoms with Gasteiger partial charge in [-0.05, 0) is 56.3 Å². The Morgan fingerprint density at radius 2 is 1.24 bits per heavy atom. The molecule has 0 saturated carbocycles. The molecule has 0 atom stereocenters. The number of hydrogen-bond acceptors (Lipinski definition) is 9. The second-order valence-electron chi connectivity index (χ2n) is 7.87. The molecule has 0 aliphatic carbocycles. The van der Waals surface area contributed by atoms with E-state index in [1.54, 1.807) is 62.9 Å². The Labute approximate surface area is 214 Å². The zero-order valence-corrected chi connectivity index (χ0v) is 20.1. The van der Waals surface area contributed by atoms with Crippen LogP contribution in [-0.4, -0.2) is 31.4 Å². The molecule has 0 aliphatic heterocycles. The van der Waals surface area contributed by atoms with Gasteiger partial charge in [-0.15, -0.1) is 0 Å². The number of aromatic nitrogens is 4. The van der Waals surface area contributed by atoms with E-state index in [0.717, 1.165) is 23.3 Å². The number of rotatable bonds is 8. The van der Waals surface area contributed by atoms with Crippen molar-refractivity contribution in [1.29, 1.82) is 0 Å². The number of nitrogens with zero attached hydrogens (tertiary/aromatic N) is 6. The number of hydrogen-bond donors (Lipinski definition) is 3. The maximum atomic E-state index is 13.7. The lowest BCUT2D eigenvalue weighted by Crippen LogP contribution is -2.10. The van der Waals surface area contributed by atoms with Crippen LogP contribution in [0.5, 0.6) is 0 Å². The summed E-state index contributed by atoms with van der Waals surface area (Å²) in [7, 11) is 0. The standard InChI is InChI=1S/C25H21F4N9/c1-15(17-5-9-30-10-6-17)35-37-22-14-23(38-36-16(2)18-7-11-31-12-8-18)34-24(33-22)32-19-3-4-21(26)20(13-19)25(27,28)29/h3-14H,1-2H3,(H3,32,33,34,37,38). The van der Waals surface area contributed by atoms with E-state index >= 15 is 0 Å². The lowest BCUT2D eigenvalue weighted by atomic mass is 10.2. The number of nitrogens with one attached hydrogen (secondary N) is 3. The fraction of sp³-hybridized carbons (Fsp3) is 0.120. The first-order chi connectivity index (χ1) is 18.2. The summed E-state index contributed by atoms with van der Waals surface area (Å²) in [5, 5.41) is 11.3. The van der Waals surface area contributed by atoms with Gasteiger partial charge in [-0.25, -0.2) is 4.39 Å². The maximum absolute atomic E-state index is 13.7. The van der Waals surface area contributed by atoms with Gasteiger partial charge in [0.05, 0.1) is 17.0 Å². The minimum absolute atomic E-state index is 0.0604. The number of halogens is 4. The smallest absolute Gasteiger partial charge is 0.324 e. The molecular weight excluding hydrogens is 502 g/mol. The Kier molecular flexibility index (Phi) is 7.85. The van der Waals surface area contributed by atoms with E-state index < -0.39 is 17.6 Å². The van der Waals surface area contributed by atoms with Crippen molar-refractivity contribution in [1.82, 2.24) is 19.9 Å². The van der Waals surface area contributed by atoms with Gasteiger partial charge in [-0.3, -0.25) is 20.8 Å². The van der Waals surface area contributed by atoms with E-state index in [4.69, 9.17) is 0 Å². The van der Waals surface area contributed by atoms with Gasteiger partial charge in [-0.2, -0.15) is 33.3 Å². The molecular formula is C25H21F4N9. The summed E-state index contributed by atoms with van der Waals surface area (Å²) in [6.07, 6.45) is 1.65. The summed E-state index contributed by atoms with van der Waals surface area (Å²) in [4.78, 5) is 16.5. The normalized spacial score (nSPS) is 12.3. The quantitative estimate of drug-likeness (QED) is 0.151. The Hall–Kier alpha value is -4.94. The van der Waals surface area contributed by atoms with Gasteiger partial charge < -0.3 is 5.32 Å². The van der Waals surface area contributed by atoms with E-state index in [1.807, 2.05) is 0 Å². The average Bonchev–Trinajstić information content (AvgIpc) is 2.91. The molecule has 0 bridgehead atoms. The van der Waals surface area contributed by atoms with Crippen molar-refractivity contribution < 1.29 is 17.6 Å². The molecule has 0 amide bonds. The monoisotopic (exact) mass is 523 g/mol.